The lowest BCUT2D eigenvalue weighted by molar-refractivity contribution is 0.103. The van der Waals surface area contributed by atoms with Gasteiger partial charge in [-0.25, -0.2) is 9.59 Å². The molecule has 0 aliphatic carbocycles. The maximum atomic E-state index is 12.6. The number of rotatable bonds is 6. The third-order valence-corrected chi connectivity index (χ3v) is 5.66. The summed E-state index contributed by atoms with van der Waals surface area (Å²) in [6.45, 7) is 4.46. The van der Waals surface area contributed by atoms with Gasteiger partial charge in [0.15, 0.2) is 5.78 Å². The number of piperazine rings is 1. The minimum atomic E-state index is -0.706. The Balaban J connectivity index is 1.49. The Kier molecular flexibility index (Phi) is 6.87. The largest absolute Gasteiger partial charge is 0.450 e. The van der Waals surface area contributed by atoms with Gasteiger partial charge in [-0.15, -0.1) is 0 Å². The van der Waals surface area contributed by atoms with Gasteiger partial charge in [0.05, 0.1) is 6.61 Å². The highest BCUT2D eigenvalue weighted by molar-refractivity contribution is 6.07. The number of benzene rings is 2. The molecule has 4 rings (SSSR count). The molecule has 174 valence electrons. The van der Waals surface area contributed by atoms with E-state index >= 15 is 0 Å². The fourth-order valence-electron chi connectivity index (χ4n) is 3.78. The van der Waals surface area contributed by atoms with E-state index in [1.165, 1.54) is 12.1 Å². The van der Waals surface area contributed by atoms with E-state index in [0.717, 1.165) is 17.5 Å². The number of amides is 1. The average Bonchev–Trinajstić information content (AvgIpc) is 2.87. The predicted molar refractivity (Wildman–Crippen MR) is 128 cm³/mol. The molecule has 0 N–H and O–H groups in total. The van der Waals surface area contributed by atoms with E-state index in [4.69, 9.17) is 9.15 Å². The van der Waals surface area contributed by atoms with Crippen LogP contribution in [0.15, 0.2) is 63.8 Å². The first-order valence-electron chi connectivity index (χ1n) is 11.0. The zero-order valence-corrected chi connectivity index (χ0v) is 18.7. The number of ether oxygens (including phenoxy) is 1. The zero-order chi connectivity index (χ0) is 24.1. The number of aldehydes is 1. The van der Waals surface area contributed by atoms with E-state index in [-0.39, 0.29) is 11.7 Å². The SMILES string of the molecule is CCOC(=O)N1CCN(c2ccc3cc(C(=O)/C=C/c4ccc(C=O)cc4)c(=O)oc3c2)CC1. The van der Waals surface area contributed by atoms with Gasteiger partial charge in [-0.3, -0.25) is 9.59 Å². The van der Waals surface area contributed by atoms with Crippen molar-refractivity contribution in [2.75, 3.05) is 37.7 Å². The van der Waals surface area contributed by atoms with Crippen LogP contribution in [0.1, 0.15) is 33.2 Å². The molecular weight excluding hydrogens is 436 g/mol. The summed E-state index contributed by atoms with van der Waals surface area (Å²) >= 11 is 0. The number of allylic oxidation sites excluding steroid dienone is 1. The number of hydrogen-bond acceptors (Lipinski definition) is 7. The van der Waals surface area contributed by atoms with E-state index in [1.54, 1.807) is 48.2 Å². The molecule has 8 heteroatoms. The van der Waals surface area contributed by atoms with Crippen LogP contribution >= 0.6 is 0 Å². The van der Waals surface area contributed by atoms with E-state index in [1.807, 2.05) is 12.1 Å². The van der Waals surface area contributed by atoms with E-state index in [9.17, 15) is 19.2 Å². The highest BCUT2D eigenvalue weighted by Gasteiger charge is 2.22. The number of ketones is 1. The minimum Gasteiger partial charge on any atom is -0.450 e. The van der Waals surface area contributed by atoms with Crippen molar-refractivity contribution in [2.45, 2.75) is 6.92 Å². The van der Waals surface area contributed by atoms with Crippen molar-refractivity contribution in [3.05, 3.63) is 81.7 Å². The zero-order valence-electron chi connectivity index (χ0n) is 18.7. The molecule has 2 heterocycles. The number of carbonyl (C=O) groups excluding carboxylic acids is 3. The maximum absolute atomic E-state index is 12.6. The summed E-state index contributed by atoms with van der Waals surface area (Å²) < 4.78 is 10.5. The molecule has 1 aliphatic heterocycles. The number of fused-ring (bicyclic) bond motifs is 1. The third kappa shape index (κ3) is 5.06. The molecule has 0 atom stereocenters. The number of hydrogen-bond donors (Lipinski definition) is 0. The summed E-state index contributed by atoms with van der Waals surface area (Å²) in [5.41, 5.74) is 1.78. The highest BCUT2D eigenvalue weighted by atomic mass is 16.6. The van der Waals surface area contributed by atoms with Gasteiger partial charge < -0.3 is 19.0 Å². The van der Waals surface area contributed by atoms with E-state index in [0.29, 0.717) is 49.3 Å². The van der Waals surface area contributed by atoms with Crippen molar-refractivity contribution >= 4 is 40.9 Å². The minimum absolute atomic E-state index is 0.0518. The van der Waals surface area contributed by atoms with Crippen molar-refractivity contribution in [3.8, 4) is 0 Å². The van der Waals surface area contributed by atoms with Crippen LogP contribution in [0.2, 0.25) is 0 Å². The Morgan fingerprint density at radius 2 is 1.71 bits per heavy atom. The van der Waals surface area contributed by atoms with Gasteiger partial charge in [0.1, 0.15) is 17.4 Å². The van der Waals surface area contributed by atoms with Crippen LogP contribution in [0, 0.1) is 0 Å². The molecule has 0 saturated carbocycles. The summed E-state index contributed by atoms with van der Waals surface area (Å²) in [5.74, 6) is -0.464. The van der Waals surface area contributed by atoms with Crippen molar-refractivity contribution < 1.29 is 23.5 Å². The lowest BCUT2D eigenvalue weighted by atomic mass is 10.1. The van der Waals surface area contributed by atoms with E-state index < -0.39 is 11.4 Å². The molecule has 3 aromatic rings. The second kappa shape index (κ2) is 10.2. The second-order valence-electron chi connectivity index (χ2n) is 7.82. The van der Waals surface area contributed by atoms with Crippen LogP contribution in [0.4, 0.5) is 10.5 Å². The Morgan fingerprint density at radius 3 is 2.38 bits per heavy atom. The number of carbonyl (C=O) groups is 3. The summed E-state index contributed by atoms with van der Waals surface area (Å²) in [6, 6.07) is 13.7. The maximum Gasteiger partial charge on any atom is 0.409 e. The monoisotopic (exact) mass is 460 g/mol. The lowest BCUT2D eigenvalue weighted by Crippen LogP contribution is -2.49. The van der Waals surface area contributed by atoms with Gasteiger partial charge >= 0.3 is 11.7 Å². The van der Waals surface area contributed by atoms with Crippen LogP contribution in [0.3, 0.4) is 0 Å². The molecule has 1 amide bonds. The first-order valence-corrected chi connectivity index (χ1v) is 11.0. The first kappa shape index (κ1) is 23.0. The molecule has 34 heavy (non-hydrogen) atoms. The third-order valence-electron chi connectivity index (χ3n) is 5.66. The van der Waals surface area contributed by atoms with Crippen LogP contribution in [0.5, 0.6) is 0 Å². The molecule has 0 unspecified atom stereocenters. The van der Waals surface area contributed by atoms with Gasteiger partial charge in [-0.1, -0.05) is 30.3 Å². The van der Waals surface area contributed by atoms with Crippen LogP contribution < -0.4 is 10.5 Å². The van der Waals surface area contributed by atoms with Gasteiger partial charge in [0.2, 0.25) is 0 Å². The Labute approximate surface area is 196 Å². The molecule has 1 fully saturated rings. The standard InChI is InChI=1S/C26H24N2O6/c1-2-33-26(32)28-13-11-27(12-14-28)21-9-8-20-15-22(25(31)34-24(20)16-21)23(30)10-7-18-3-5-19(17-29)6-4-18/h3-10,15-17H,2,11-14H2,1H3/b10-7+. The molecule has 0 bridgehead atoms. The molecule has 1 saturated heterocycles. The molecule has 2 aromatic carbocycles. The van der Waals surface area contributed by atoms with E-state index in [2.05, 4.69) is 4.90 Å². The number of anilines is 1. The smallest absolute Gasteiger partial charge is 0.409 e. The predicted octanol–water partition coefficient (Wildman–Crippen LogP) is 3.78. The second-order valence-corrected chi connectivity index (χ2v) is 7.82. The topological polar surface area (TPSA) is 97.1 Å². The normalized spacial score (nSPS) is 13.9. The Morgan fingerprint density at radius 1 is 1.00 bits per heavy atom. The average molecular weight is 460 g/mol. The summed E-state index contributed by atoms with van der Waals surface area (Å²) in [6.07, 6.45) is 3.33. The quantitative estimate of drug-likeness (QED) is 0.239. The molecular formula is C26H24N2O6. The Hall–Kier alpha value is -4.20. The van der Waals surface area contributed by atoms with Crippen molar-refractivity contribution in [1.82, 2.24) is 4.90 Å². The summed E-state index contributed by atoms with van der Waals surface area (Å²) in [5, 5.41) is 0.639. The first-order chi connectivity index (χ1) is 16.5. The molecule has 8 nitrogen and oxygen atoms in total. The van der Waals surface area contributed by atoms with Gasteiger partial charge in [0, 0.05) is 48.9 Å². The lowest BCUT2D eigenvalue weighted by Gasteiger charge is -2.35. The van der Waals surface area contributed by atoms with Crippen LogP contribution in [-0.4, -0.2) is 55.8 Å². The van der Waals surface area contributed by atoms with Gasteiger partial charge in [-0.05, 0) is 36.8 Å². The van der Waals surface area contributed by atoms with Gasteiger partial charge in [-0.2, -0.15) is 0 Å². The fourth-order valence-corrected chi connectivity index (χ4v) is 3.78. The van der Waals surface area contributed by atoms with Crippen LogP contribution in [0.25, 0.3) is 17.0 Å². The van der Waals surface area contributed by atoms with Crippen molar-refractivity contribution in [1.29, 1.82) is 0 Å². The Bertz CT molecular complexity index is 1300. The molecule has 0 radical (unpaired) electrons. The summed E-state index contributed by atoms with van der Waals surface area (Å²) in [4.78, 5) is 51.5. The van der Waals surface area contributed by atoms with Crippen LogP contribution in [-0.2, 0) is 4.74 Å². The fraction of sp³-hybridized carbons (Fsp3) is 0.231. The molecule has 1 aromatic heterocycles. The number of nitrogens with zero attached hydrogens (tertiary/aromatic N) is 2. The molecule has 0 spiro atoms. The van der Waals surface area contributed by atoms with Crippen molar-refractivity contribution in [2.24, 2.45) is 0 Å². The molecule has 1 aliphatic rings. The summed E-state index contributed by atoms with van der Waals surface area (Å²) in [7, 11) is 0. The van der Waals surface area contributed by atoms with Gasteiger partial charge in [0.25, 0.3) is 0 Å². The van der Waals surface area contributed by atoms with Crippen molar-refractivity contribution in [3.63, 3.8) is 0 Å². The highest BCUT2D eigenvalue weighted by Crippen LogP contribution is 2.23.